The first-order chi connectivity index (χ1) is 13.4. The van der Waals surface area contributed by atoms with Crippen LogP contribution in [0.15, 0.2) is 59.5 Å². The fourth-order valence-corrected chi connectivity index (χ4v) is 5.81. The third-order valence-corrected chi connectivity index (χ3v) is 7.78. The summed E-state index contributed by atoms with van der Waals surface area (Å²) in [6, 6.07) is 13.3. The molecule has 0 saturated heterocycles. The van der Waals surface area contributed by atoms with E-state index in [2.05, 4.69) is 28.3 Å². The molecule has 2 N–H and O–H groups in total. The predicted molar refractivity (Wildman–Crippen MR) is 114 cm³/mol. The molecule has 1 aliphatic carbocycles. The van der Waals surface area contributed by atoms with Gasteiger partial charge in [0.1, 0.15) is 0 Å². The van der Waals surface area contributed by atoms with E-state index in [1.807, 2.05) is 44.2 Å². The van der Waals surface area contributed by atoms with Crippen LogP contribution in [-0.2, 0) is 10.0 Å². The Morgan fingerprint density at radius 1 is 1.21 bits per heavy atom. The maximum Gasteiger partial charge on any atom is 0.240 e. The minimum absolute atomic E-state index is 0.0946. The molecule has 0 amide bonds. The van der Waals surface area contributed by atoms with E-state index in [1.54, 1.807) is 6.07 Å². The van der Waals surface area contributed by atoms with Gasteiger partial charge in [-0.15, -0.1) is 0 Å². The van der Waals surface area contributed by atoms with E-state index in [4.69, 9.17) is 11.6 Å². The molecule has 2 aromatic carbocycles. The van der Waals surface area contributed by atoms with Crippen LogP contribution in [0.3, 0.4) is 0 Å². The van der Waals surface area contributed by atoms with E-state index in [-0.39, 0.29) is 18.0 Å². The van der Waals surface area contributed by atoms with Gasteiger partial charge in [-0.1, -0.05) is 48.9 Å². The summed E-state index contributed by atoms with van der Waals surface area (Å²) in [5.74, 6) is 0.490. The highest BCUT2D eigenvalue weighted by Gasteiger charge is 2.39. The molecule has 28 heavy (non-hydrogen) atoms. The van der Waals surface area contributed by atoms with E-state index >= 15 is 0 Å². The zero-order chi connectivity index (χ0) is 19.9. The summed E-state index contributed by atoms with van der Waals surface area (Å²) in [4.78, 5) is 0.323. The smallest absolute Gasteiger partial charge is 0.240 e. The first kappa shape index (κ1) is 19.5. The molecule has 4 unspecified atom stereocenters. The Kier molecular flexibility index (Phi) is 5.25. The minimum Gasteiger partial charge on any atom is -0.378 e. The second-order valence-corrected chi connectivity index (χ2v) is 9.80. The second-order valence-electron chi connectivity index (χ2n) is 7.68. The minimum atomic E-state index is -3.53. The van der Waals surface area contributed by atoms with Crippen LogP contribution in [0.5, 0.6) is 0 Å². The summed E-state index contributed by atoms with van der Waals surface area (Å²) in [6.45, 7) is 3.84. The molecule has 2 aliphatic rings. The monoisotopic (exact) mass is 416 g/mol. The number of benzene rings is 2. The van der Waals surface area contributed by atoms with Crippen LogP contribution in [-0.4, -0.2) is 14.5 Å². The van der Waals surface area contributed by atoms with Crippen LogP contribution < -0.4 is 10.0 Å². The zero-order valence-corrected chi connectivity index (χ0v) is 17.6. The largest absolute Gasteiger partial charge is 0.378 e. The molecular weight excluding hydrogens is 392 g/mol. The topological polar surface area (TPSA) is 58.2 Å². The lowest BCUT2D eigenvalue weighted by atomic mass is 9.77. The first-order valence-electron chi connectivity index (χ1n) is 9.74. The van der Waals surface area contributed by atoms with Crippen LogP contribution in [0, 0.1) is 5.92 Å². The van der Waals surface area contributed by atoms with Gasteiger partial charge in [-0.2, -0.15) is 0 Å². The van der Waals surface area contributed by atoms with Gasteiger partial charge in [0.25, 0.3) is 0 Å². The van der Waals surface area contributed by atoms with Gasteiger partial charge in [0.2, 0.25) is 10.0 Å². The van der Waals surface area contributed by atoms with Gasteiger partial charge in [-0.3, -0.25) is 0 Å². The summed E-state index contributed by atoms with van der Waals surface area (Å²) >= 11 is 6.47. The normalized spacial score (nSPS) is 24.3. The summed E-state index contributed by atoms with van der Waals surface area (Å²) < 4.78 is 28.2. The SMILES string of the molecule is CCC(C)NS(=O)(=O)c1ccc2c(c1)C1C=CCC1C(c1ccccc1Cl)N2. The van der Waals surface area contributed by atoms with Crippen molar-refractivity contribution in [2.45, 2.75) is 49.6 Å². The molecule has 6 heteroatoms. The third-order valence-electron chi connectivity index (χ3n) is 5.85. The summed E-state index contributed by atoms with van der Waals surface area (Å²) in [7, 11) is -3.53. The highest BCUT2D eigenvalue weighted by Crippen LogP contribution is 2.51. The van der Waals surface area contributed by atoms with Gasteiger partial charge in [0.15, 0.2) is 0 Å². The number of fused-ring (bicyclic) bond motifs is 3. The molecule has 0 aromatic heterocycles. The van der Waals surface area contributed by atoms with Crippen molar-refractivity contribution in [2.75, 3.05) is 5.32 Å². The average molecular weight is 417 g/mol. The Balaban J connectivity index is 1.72. The number of hydrogen-bond acceptors (Lipinski definition) is 3. The average Bonchev–Trinajstić information content (AvgIpc) is 3.17. The fourth-order valence-electron chi connectivity index (χ4n) is 4.19. The summed E-state index contributed by atoms with van der Waals surface area (Å²) in [5.41, 5.74) is 3.10. The van der Waals surface area contributed by atoms with E-state index in [0.29, 0.717) is 10.8 Å². The summed E-state index contributed by atoms with van der Waals surface area (Å²) in [6.07, 6.45) is 6.08. The Hall–Kier alpha value is -1.82. The van der Waals surface area contributed by atoms with Gasteiger partial charge in [-0.05, 0) is 61.1 Å². The molecule has 4 rings (SSSR count). The van der Waals surface area contributed by atoms with Gasteiger partial charge >= 0.3 is 0 Å². The second kappa shape index (κ2) is 7.54. The van der Waals surface area contributed by atoms with Crippen LogP contribution >= 0.6 is 11.6 Å². The van der Waals surface area contributed by atoms with E-state index < -0.39 is 10.0 Å². The fraction of sp³-hybridized carbons (Fsp3) is 0.364. The van der Waals surface area contributed by atoms with Crippen molar-refractivity contribution < 1.29 is 8.42 Å². The van der Waals surface area contributed by atoms with Gasteiger partial charge < -0.3 is 5.32 Å². The molecule has 0 saturated carbocycles. The third kappa shape index (κ3) is 3.47. The number of halogens is 1. The van der Waals surface area contributed by atoms with Gasteiger partial charge in [0, 0.05) is 22.7 Å². The molecule has 4 nitrogen and oxygen atoms in total. The molecule has 1 aliphatic heterocycles. The molecular formula is C22H25ClN2O2S. The molecule has 0 fully saturated rings. The number of sulfonamides is 1. The molecule has 0 radical (unpaired) electrons. The van der Waals surface area contributed by atoms with Crippen LogP contribution in [0.25, 0.3) is 0 Å². The van der Waals surface area contributed by atoms with Crippen molar-refractivity contribution in [1.82, 2.24) is 4.72 Å². The van der Waals surface area contributed by atoms with Crippen molar-refractivity contribution in [3.8, 4) is 0 Å². The number of anilines is 1. The maximum atomic E-state index is 12.7. The number of allylic oxidation sites excluding steroid dienone is 2. The highest BCUT2D eigenvalue weighted by atomic mass is 35.5. The Bertz CT molecular complexity index is 1020. The van der Waals surface area contributed by atoms with Crippen LogP contribution in [0.4, 0.5) is 5.69 Å². The van der Waals surface area contributed by atoms with E-state index in [0.717, 1.165) is 34.7 Å². The molecule has 2 aromatic rings. The van der Waals surface area contributed by atoms with Crippen molar-refractivity contribution in [3.63, 3.8) is 0 Å². The lowest BCUT2D eigenvalue weighted by Gasteiger charge is -2.38. The molecule has 0 bridgehead atoms. The van der Waals surface area contributed by atoms with Crippen LogP contribution in [0.1, 0.15) is 49.8 Å². The van der Waals surface area contributed by atoms with E-state index in [1.165, 1.54) is 0 Å². The number of hydrogen-bond donors (Lipinski definition) is 2. The molecule has 0 spiro atoms. The van der Waals surface area contributed by atoms with Crippen molar-refractivity contribution in [1.29, 1.82) is 0 Å². The molecule has 1 heterocycles. The Morgan fingerprint density at radius 3 is 2.75 bits per heavy atom. The quantitative estimate of drug-likeness (QED) is 0.655. The Morgan fingerprint density at radius 2 is 2.00 bits per heavy atom. The zero-order valence-electron chi connectivity index (χ0n) is 16.0. The highest BCUT2D eigenvalue weighted by molar-refractivity contribution is 7.89. The van der Waals surface area contributed by atoms with Crippen molar-refractivity contribution >= 4 is 27.3 Å². The lowest BCUT2D eigenvalue weighted by molar-refractivity contribution is 0.425. The summed E-state index contributed by atoms with van der Waals surface area (Å²) in [5, 5.41) is 4.37. The van der Waals surface area contributed by atoms with Crippen molar-refractivity contribution in [2.24, 2.45) is 5.92 Å². The maximum absolute atomic E-state index is 12.7. The van der Waals surface area contributed by atoms with Crippen LogP contribution in [0.2, 0.25) is 5.02 Å². The lowest BCUT2D eigenvalue weighted by Crippen LogP contribution is -2.33. The standard InChI is InChI=1S/C22H25ClN2O2S/c1-3-14(2)25-28(26,27)15-11-12-21-19(13-15)16-8-6-9-17(16)22(24-21)18-7-4-5-10-20(18)23/h4-8,10-14,16-17,22,24-25H,3,9H2,1-2H3. The first-order valence-corrected chi connectivity index (χ1v) is 11.6. The van der Waals surface area contributed by atoms with Gasteiger partial charge in [-0.25, -0.2) is 13.1 Å². The molecule has 4 atom stereocenters. The number of rotatable bonds is 5. The number of nitrogens with one attached hydrogen (secondary N) is 2. The Labute approximate surface area is 172 Å². The van der Waals surface area contributed by atoms with Crippen molar-refractivity contribution in [3.05, 3.63) is 70.8 Å². The molecule has 148 valence electrons. The predicted octanol–water partition coefficient (Wildman–Crippen LogP) is 5.24. The van der Waals surface area contributed by atoms with Gasteiger partial charge in [0.05, 0.1) is 10.9 Å². The van der Waals surface area contributed by atoms with E-state index in [9.17, 15) is 8.42 Å².